The second-order valence-corrected chi connectivity index (χ2v) is 6.86. The van der Waals surface area contributed by atoms with Crippen LogP contribution < -0.4 is 5.32 Å². The first kappa shape index (κ1) is 12.6. The van der Waals surface area contributed by atoms with Crippen molar-refractivity contribution in [2.75, 3.05) is 20.1 Å². The molecule has 0 spiro atoms. The van der Waals surface area contributed by atoms with Crippen molar-refractivity contribution in [3.05, 3.63) is 15.6 Å². The van der Waals surface area contributed by atoms with E-state index >= 15 is 0 Å². The zero-order valence-electron chi connectivity index (χ0n) is 11.6. The summed E-state index contributed by atoms with van der Waals surface area (Å²) < 4.78 is 0. The Morgan fingerprint density at radius 1 is 1.50 bits per heavy atom. The molecule has 18 heavy (non-hydrogen) atoms. The third-order valence-electron chi connectivity index (χ3n) is 4.48. The number of nitrogens with zero attached hydrogens (tertiary/aromatic N) is 2. The van der Waals surface area contributed by atoms with Gasteiger partial charge in [0.25, 0.3) is 0 Å². The van der Waals surface area contributed by atoms with Gasteiger partial charge in [-0.1, -0.05) is 6.92 Å². The smallest absolute Gasteiger partial charge is 0.115 e. The summed E-state index contributed by atoms with van der Waals surface area (Å²) in [4.78, 5) is 8.94. The number of thiazole rings is 1. The lowest BCUT2D eigenvalue weighted by molar-refractivity contribution is 0.283. The molecular weight excluding hydrogens is 242 g/mol. The molecule has 1 aliphatic heterocycles. The molecule has 2 fully saturated rings. The number of hydrogen-bond acceptors (Lipinski definition) is 4. The third-order valence-corrected chi connectivity index (χ3v) is 5.69. The molecule has 0 amide bonds. The quantitative estimate of drug-likeness (QED) is 0.905. The summed E-state index contributed by atoms with van der Waals surface area (Å²) in [5, 5.41) is 4.89. The van der Waals surface area contributed by atoms with Crippen LogP contribution in [0.15, 0.2) is 0 Å². The molecule has 1 saturated carbocycles. The highest BCUT2D eigenvalue weighted by molar-refractivity contribution is 7.11. The fourth-order valence-corrected chi connectivity index (χ4v) is 4.25. The first-order chi connectivity index (χ1) is 8.68. The Morgan fingerprint density at radius 2 is 2.28 bits per heavy atom. The van der Waals surface area contributed by atoms with Gasteiger partial charge in [-0.2, -0.15) is 0 Å². The van der Waals surface area contributed by atoms with E-state index in [9.17, 15) is 0 Å². The van der Waals surface area contributed by atoms with Gasteiger partial charge in [-0.25, -0.2) is 4.98 Å². The van der Waals surface area contributed by atoms with E-state index in [1.165, 1.54) is 41.4 Å². The molecule has 0 bridgehead atoms. The van der Waals surface area contributed by atoms with Crippen molar-refractivity contribution < 1.29 is 0 Å². The minimum absolute atomic E-state index is 0.117. The van der Waals surface area contributed by atoms with Gasteiger partial charge in [0.1, 0.15) is 5.01 Å². The maximum absolute atomic E-state index is 4.90. The molecule has 3 rings (SSSR count). The predicted octanol–water partition coefficient (Wildman–Crippen LogP) is 2.30. The van der Waals surface area contributed by atoms with Crippen LogP contribution in [0.1, 0.15) is 41.8 Å². The van der Waals surface area contributed by atoms with E-state index in [1.54, 1.807) is 0 Å². The molecule has 1 atom stereocenters. The number of likely N-dealkylation sites (tertiary alicyclic amines) is 1. The molecule has 3 nitrogen and oxygen atoms in total. The van der Waals surface area contributed by atoms with Gasteiger partial charge in [0.15, 0.2) is 0 Å². The summed E-state index contributed by atoms with van der Waals surface area (Å²) in [6.45, 7) is 6.77. The van der Waals surface area contributed by atoms with Crippen molar-refractivity contribution >= 4 is 11.3 Å². The zero-order chi connectivity index (χ0) is 12.8. The topological polar surface area (TPSA) is 28.2 Å². The van der Waals surface area contributed by atoms with Crippen LogP contribution in [0.25, 0.3) is 0 Å². The Labute approximate surface area is 114 Å². The Balaban J connectivity index is 1.86. The van der Waals surface area contributed by atoms with Gasteiger partial charge < -0.3 is 5.32 Å². The summed E-state index contributed by atoms with van der Waals surface area (Å²) in [5.74, 6) is 0. The van der Waals surface area contributed by atoms with Gasteiger partial charge in [-0.15, -0.1) is 11.3 Å². The van der Waals surface area contributed by atoms with E-state index in [2.05, 4.69) is 31.1 Å². The molecule has 1 unspecified atom stereocenters. The van der Waals surface area contributed by atoms with Crippen LogP contribution >= 0.6 is 11.3 Å². The molecule has 1 saturated heterocycles. The summed E-state index contributed by atoms with van der Waals surface area (Å²) in [7, 11) is 2.10. The zero-order valence-corrected chi connectivity index (χ0v) is 12.4. The van der Waals surface area contributed by atoms with Crippen LogP contribution in [0.2, 0.25) is 0 Å². The van der Waals surface area contributed by atoms with Gasteiger partial charge in [0.2, 0.25) is 0 Å². The number of aromatic nitrogens is 1. The number of nitrogens with one attached hydrogen (secondary N) is 1. The van der Waals surface area contributed by atoms with Crippen LogP contribution in [-0.4, -0.2) is 36.1 Å². The van der Waals surface area contributed by atoms with Crippen molar-refractivity contribution in [3.63, 3.8) is 0 Å². The van der Waals surface area contributed by atoms with E-state index in [-0.39, 0.29) is 5.54 Å². The minimum Gasteiger partial charge on any atom is -0.307 e. The molecule has 1 N–H and O–H groups in total. The van der Waals surface area contributed by atoms with Crippen molar-refractivity contribution in [1.82, 2.24) is 15.2 Å². The lowest BCUT2D eigenvalue weighted by atomic mass is 10.00. The van der Waals surface area contributed by atoms with Gasteiger partial charge in [0.05, 0.1) is 11.2 Å². The number of aryl methyl sites for hydroxylation is 2. The standard InChI is InChI=1S/C14H23N3S/c1-4-12-10(2)18-13(16-12)14(15-3)7-8-17(9-14)11-5-6-11/h11,15H,4-9H2,1-3H3. The molecule has 4 heteroatoms. The lowest BCUT2D eigenvalue weighted by Gasteiger charge is -2.27. The van der Waals surface area contributed by atoms with E-state index in [4.69, 9.17) is 4.98 Å². The van der Waals surface area contributed by atoms with E-state index < -0.39 is 0 Å². The van der Waals surface area contributed by atoms with Gasteiger partial charge in [-0.05, 0) is 39.7 Å². The van der Waals surface area contributed by atoms with Gasteiger partial charge in [0, 0.05) is 24.0 Å². The van der Waals surface area contributed by atoms with E-state index in [0.717, 1.165) is 19.0 Å². The Hall–Kier alpha value is -0.450. The van der Waals surface area contributed by atoms with E-state index in [0.29, 0.717) is 0 Å². The Bertz CT molecular complexity index is 438. The maximum Gasteiger partial charge on any atom is 0.115 e. The fourth-order valence-electron chi connectivity index (χ4n) is 3.04. The molecule has 0 radical (unpaired) electrons. The monoisotopic (exact) mass is 265 g/mol. The van der Waals surface area contributed by atoms with Crippen LogP contribution in [-0.2, 0) is 12.0 Å². The molecular formula is C14H23N3S. The van der Waals surface area contributed by atoms with Crippen molar-refractivity contribution in [2.24, 2.45) is 0 Å². The van der Waals surface area contributed by atoms with Gasteiger partial charge >= 0.3 is 0 Å². The van der Waals surface area contributed by atoms with Crippen molar-refractivity contribution in [1.29, 1.82) is 0 Å². The molecule has 100 valence electrons. The third kappa shape index (κ3) is 2.00. The highest BCUT2D eigenvalue weighted by Gasteiger charge is 2.45. The summed E-state index contributed by atoms with van der Waals surface area (Å²) in [6, 6.07) is 0.868. The van der Waals surface area contributed by atoms with E-state index in [1.807, 2.05) is 11.3 Å². The van der Waals surface area contributed by atoms with Crippen molar-refractivity contribution in [2.45, 2.75) is 51.1 Å². The van der Waals surface area contributed by atoms with Crippen LogP contribution in [0.4, 0.5) is 0 Å². The van der Waals surface area contributed by atoms with Crippen molar-refractivity contribution in [3.8, 4) is 0 Å². The minimum atomic E-state index is 0.117. The van der Waals surface area contributed by atoms with Crippen LogP contribution in [0.3, 0.4) is 0 Å². The normalized spacial score (nSPS) is 29.1. The molecule has 2 heterocycles. The summed E-state index contributed by atoms with van der Waals surface area (Å²) >= 11 is 1.89. The van der Waals surface area contributed by atoms with Crippen LogP contribution in [0, 0.1) is 6.92 Å². The Kier molecular flexibility index (Phi) is 3.20. The fraction of sp³-hybridized carbons (Fsp3) is 0.786. The summed E-state index contributed by atoms with van der Waals surface area (Å²) in [6.07, 6.45) is 5.05. The number of hydrogen-bond donors (Lipinski definition) is 1. The predicted molar refractivity (Wildman–Crippen MR) is 76.2 cm³/mol. The lowest BCUT2D eigenvalue weighted by Crippen LogP contribution is -2.43. The largest absolute Gasteiger partial charge is 0.307 e. The molecule has 1 aromatic rings. The number of rotatable bonds is 4. The molecule has 1 aromatic heterocycles. The average molecular weight is 265 g/mol. The molecule has 1 aliphatic carbocycles. The maximum atomic E-state index is 4.90. The second-order valence-electron chi connectivity index (χ2n) is 5.66. The summed E-state index contributed by atoms with van der Waals surface area (Å²) in [5.41, 5.74) is 1.40. The molecule has 2 aliphatic rings. The first-order valence-electron chi connectivity index (χ1n) is 7.08. The first-order valence-corrected chi connectivity index (χ1v) is 7.90. The highest BCUT2D eigenvalue weighted by Crippen LogP contribution is 2.40. The second kappa shape index (κ2) is 4.58. The number of likely N-dealkylation sites (N-methyl/N-ethyl adjacent to an activating group) is 1. The van der Waals surface area contributed by atoms with Crippen LogP contribution in [0.5, 0.6) is 0 Å². The highest BCUT2D eigenvalue weighted by atomic mass is 32.1. The SMILES string of the molecule is CCc1nc(C2(NC)CCN(C3CC3)C2)sc1C. The molecule has 0 aromatic carbocycles. The average Bonchev–Trinajstić information content (AvgIpc) is 3.02. The van der Waals surface area contributed by atoms with Gasteiger partial charge in [-0.3, -0.25) is 4.90 Å². The Morgan fingerprint density at radius 3 is 2.83 bits per heavy atom.